The number of fused-ring (bicyclic) bond motifs is 7. The molecule has 1 aromatic heterocycles. The molecule has 0 amide bonds. The molecule has 0 aliphatic heterocycles. The van der Waals surface area contributed by atoms with Gasteiger partial charge in [0.05, 0.1) is 11.4 Å². The third-order valence-corrected chi connectivity index (χ3v) is 12.5. The van der Waals surface area contributed by atoms with Crippen LogP contribution in [0.25, 0.3) is 98.8 Å². The summed E-state index contributed by atoms with van der Waals surface area (Å²) < 4.78 is 6.85. The Bertz CT molecular complexity index is 3610. The molecular weight excluding hydrogens is 751 g/mol. The lowest BCUT2D eigenvalue weighted by atomic mass is 9.88. The molecule has 0 spiro atoms. The van der Waals surface area contributed by atoms with E-state index in [1.807, 2.05) is 6.07 Å². The molecule has 2 heteroatoms. The summed E-state index contributed by atoms with van der Waals surface area (Å²) in [7, 11) is 0. The number of furan rings is 1. The van der Waals surface area contributed by atoms with Gasteiger partial charge in [-0.3, -0.25) is 0 Å². The van der Waals surface area contributed by atoms with Crippen LogP contribution in [0, 0.1) is 0 Å². The summed E-state index contributed by atoms with van der Waals surface area (Å²) in [6.45, 7) is 0. The summed E-state index contributed by atoms with van der Waals surface area (Å²) >= 11 is 0. The molecule has 0 atom stereocenters. The summed E-state index contributed by atoms with van der Waals surface area (Å²) in [6.07, 6.45) is 0. The largest absolute Gasteiger partial charge is 0.454 e. The number of para-hydroxylation sites is 2. The van der Waals surface area contributed by atoms with Crippen LogP contribution in [0.1, 0.15) is 0 Å². The van der Waals surface area contributed by atoms with Crippen molar-refractivity contribution >= 4 is 71.3 Å². The first-order valence-electron chi connectivity index (χ1n) is 21.3. The highest BCUT2D eigenvalue weighted by molar-refractivity contribution is 6.25. The summed E-state index contributed by atoms with van der Waals surface area (Å²) in [5.41, 5.74) is 14.4. The van der Waals surface area contributed by atoms with E-state index in [-0.39, 0.29) is 0 Å². The van der Waals surface area contributed by atoms with Crippen LogP contribution in [0.3, 0.4) is 0 Å². The molecule has 0 saturated carbocycles. The molecule has 0 fully saturated rings. The van der Waals surface area contributed by atoms with Gasteiger partial charge in [0.15, 0.2) is 5.58 Å². The summed E-state index contributed by atoms with van der Waals surface area (Å²) in [6, 6.07) is 85.4. The van der Waals surface area contributed by atoms with Crippen LogP contribution in [0.5, 0.6) is 0 Å². The number of hydrogen-bond donors (Lipinski definition) is 0. The maximum atomic E-state index is 6.85. The van der Waals surface area contributed by atoms with E-state index in [9.17, 15) is 0 Å². The van der Waals surface area contributed by atoms with Crippen LogP contribution in [0.4, 0.5) is 17.1 Å². The van der Waals surface area contributed by atoms with Crippen molar-refractivity contribution in [1.82, 2.24) is 0 Å². The van der Waals surface area contributed by atoms with Gasteiger partial charge in [-0.15, -0.1) is 0 Å². The quantitative estimate of drug-likeness (QED) is 0.150. The molecule has 12 aromatic rings. The van der Waals surface area contributed by atoms with Crippen molar-refractivity contribution in [1.29, 1.82) is 0 Å². The molecule has 2 nitrogen and oxygen atoms in total. The Balaban J connectivity index is 1.07. The Kier molecular flexibility index (Phi) is 8.53. The van der Waals surface area contributed by atoms with E-state index in [1.165, 1.54) is 65.7 Å². The fourth-order valence-electron chi connectivity index (χ4n) is 9.54. The first-order chi connectivity index (χ1) is 30.8. The smallest absolute Gasteiger partial charge is 0.159 e. The van der Waals surface area contributed by atoms with Gasteiger partial charge in [-0.25, -0.2) is 0 Å². The van der Waals surface area contributed by atoms with Gasteiger partial charge in [0.2, 0.25) is 0 Å². The number of anilines is 3. The van der Waals surface area contributed by atoms with Crippen LogP contribution >= 0.6 is 0 Å². The van der Waals surface area contributed by atoms with Crippen LogP contribution in [-0.4, -0.2) is 0 Å². The summed E-state index contributed by atoms with van der Waals surface area (Å²) in [5.74, 6) is 0. The summed E-state index contributed by atoms with van der Waals surface area (Å²) in [5, 5.41) is 9.40. The molecule has 0 bridgehead atoms. The molecule has 0 radical (unpaired) electrons. The van der Waals surface area contributed by atoms with Crippen LogP contribution in [0.2, 0.25) is 0 Å². The summed E-state index contributed by atoms with van der Waals surface area (Å²) in [4.78, 5) is 2.45. The third-order valence-electron chi connectivity index (χ3n) is 12.5. The van der Waals surface area contributed by atoms with E-state index in [4.69, 9.17) is 4.42 Å². The van der Waals surface area contributed by atoms with Crippen molar-refractivity contribution in [3.8, 4) is 44.5 Å². The van der Waals surface area contributed by atoms with Crippen molar-refractivity contribution in [2.75, 3.05) is 4.90 Å². The number of nitrogens with zero attached hydrogens (tertiary/aromatic N) is 1. The van der Waals surface area contributed by atoms with E-state index >= 15 is 0 Å². The zero-order valence-electron chi connectivity index (χ0n) is 33.9. The molecule has 0 unspecified atom stereocenters. The molecule has 0 aliphatic rings. The second-order valence-electron chi connectivity index (χ2n) is 16.0. The van der Waals surface area contributed by atoms with Gasteiger partial charge in [-0.05, 0) is 96.2 Å². The van der Waals surface area contributed by atoms with Gasteiger partial charge in [0, 0.05) is 27.4 Å². The van der Waals surface area contributed by atoms with Crippen molar-refractivity contribution in [3.63, 3.8) is 0 Å². The molecule has 0 saturated heterocycles. The van der Waals surface area contributed by atoms with E-state index < -0.39 is 0 Å². The Morgan fingerprint density at radius 2 is 0.790 bits per heavy atom. The first-order valence-corrected chi connectivity index (χ1v) is 21.3. The molecule has 1 heterocycles. The van der Waals surface area contributed by atoms with Gasteiger partial charge in [0.1, 0.15) is 5.58 Å². The van der Waals surface area contributed by atoms with Gasteiger partial charge < -0.3 is 9.32 Å². The minimum atomic E-state index is 0.853. The molecule has 12 rings (SSSR count). The fraction of sp³-hybridized carbons (Fsp3) is 0. The zero-order valence-corrected chi connectivity index (χ0v) is 33.9. The van der Waals surface area contributed by atoms with Crippen LogP contribution in [0.15, 0.2) is 241 Å². The Labute approximate surface area is 360 Å². The second-order valence-corrected chi connectivity index (χ2v) is 16.0. The standard InChI is InChI=1S/C60H39NO/c1-2-15-40(16-3-1)45-19-12-20-46(39-45)43-33-31-41(32-34-43)42-35-37-47(38-36-42)61(56-29-14-28-55-51-24-10-11-30-57(51)62-60(55)56)59-54-26-9-7-23-50(54)49-22-6-8-25-53(49)58(59)52-27-13-18-44-17-4-5-21-48(44)52/h1-39H. The van der Waals surface area contributed by atoms with E-state index in [2.05, 4.69) is 235 Å². The lowest BCUT2D eigenvalue weighted by Gasteiger charge is -2.31. The number of rotatable bonds is 7. The Hall–Kier alpha value is -8.20. The number of benzene rings is 11. The maximum absolute atomic E-state index is 6.85. The lowest BCUT2D eigenvalue weighted by Crippen LogP contribution is -2.12. The van der Waals surface area contributed by atoms with E-state index in [0.29, 0.717) is 0 Å². The van der Waals surface area contributed by atoms with Gasteiger partial charge in [-0.1, -0.05) is 206 Å². The molecular formula is C60H39NO. The van der Waals surface area contributed by atoms with Crippen molar-refractivity contribution in [3.05, 3.63) is 237 Å². The Morgan fingerprint density at radius 1 is 0.306 bits per heavy atom. The highest BCUT2D eigenvalue weighted by atomic mass is 16.3. The lowest BCUT2D eigenvalue weighted by molar-refractivity contribution is 0.669. The van der Waals surface area contributed by atoms with Gasteiger partial charge in [0.25, 0.3) is 0 Å². The minimum Gasteiger partial charge on any atom is -0.454 e. The van der Waals surface area contributed by atoms with Gasteiger partial charge in [-0.2, -0.15) is 0 Å². The molecule has 62 heavy (non-hydrogen) atoms. The van der Waals surface area contributed by atoms with E-state index in [0.717, 1.165) is 50.1 Å². The van der Waals surface area contributed by atoms with Crippen molar-refractivity contribution in [2.45, 2.75) is 0 Å². The van der Waals surface area contributed by atoms with E-state index in [1.54, 1.807) is 0 Å². The first kappa shape index (κ1) is 35.7. The third kappa shape index (κ3) is 5.96. The normalized spacial score (nSPS) is 11.5. The van der Waals surface area contributed by atoms with Crippen molar-refractivity contribution < 1.29 is 4.42 Å². The monoisotopic (exact) mass is 789 g/mol. The van der Waals surface area contributed by atoms with Gasteiger partial charge >= 0.3 is 0 Å². The second kappa shape index (κ2) is 14.8. The topological polar surface area (TPSA) is 16.4 Å². The van der Waals surface area contributed by atoms with Crippen LogP contribution < -0.4 is 4.90 Å². The number of hydrogen-bond acceptors (Lipinski definition) is 2. The molecule has 0 N–H and O–H groups in total. The SMILES string of the molecule is c1ccc(-c2cccc(-c3ccc(-c4ccc(N(c5c(-c6cccc7ccccc67)c6ccccc6c6ccccc56)c5cccc6c5oc5ccccc56)cc4)cc3)c2)cc1. The molecule has 0 aliphatic carbocycles. The maximum Gasteiger partial charge on any atom is 0.159 e. The highest BCUT2D eigenvalue weighted by Gasteiger charge is 2.27. The van der Waals surface area contributed by atoms with Crippen molar-refractivity contribution in [2.24, 2.45) is 0 Å². The predicted molar refractivity (Wildman–Crippen MR) is 263 cm³/mol. The predicted octanol–water partition coefficient (Wildman–Crippen LogP) is 17.2. The zero-order chi connectivity index (χ0) is 41.0. The molecule has 11 aromatic carbocycles. The highest BCUT2D eigenvalue weighted by Crippen LogP contribution is 2.52. The fourth-order valence-corrected chi connectivity index (χ4v) is 9.54. The Morgan fingerprint density at radius 3 is 1.53 bits per heavy atom. The minimum absolute atomic E-state index is 0.853. The van der Waals surface area contributed by atoms with Crippen LogP contribution in [-0.2, 0) is 0 Å². The molecule has 290 valence electrons. The average Bonchev–Trinajstić information content (AvgIpc) is 3.74. The average molecular weight is 790 g/mol.